The lowest BCUT2D eigenvalue weighted by Crippen LogP contribution is -2.55. The summed E-state index contributed by atoms with van der Waals surface area (Å²) in [7, 11) is 0. The average molecular weight is 295 g/mol. The molecule has 21 heavy (non-hydrogen) atoms. The summed E-state index contributed by atoms with van der Waals surface area (Å²) in [6.45, 7) is 7.61. The van der Waals surface area contributed by atoms with Crippen LogP contribution in [0, 0.1) is 5.82 Å². The Balaban J connectivity index is 1.96. The molecule has 0 aliphatic carbocycles. The summed E-state index contributed by atoms with van der Waals surface area (Å²) in [5.41, 5.74) is 5.59. The van der Waals surface area contributed by atoms with Crippen molar-refractivity contribution in [3.63, 3.8) is 0 Å². The van der Waals surface area contributed by atoms with Gasteiger partial charge >= 0.3 is 0 Å². The molecule has 1 aliphatic heterocycles. The van der Waals surface area contributed by atoms with Gasteiger partial charge in [-0.3, -0.25) is 9.69 Å². The number of carbonyl (C=O) groups is 1. The van der Waals surface area contributed by atoms with Crippen molar-refractivity contribution in [2.24, 2.45) is 0 Å². The van der Waals surface area contributed by atoms with E-state index in [9.17, 15) is 9.18 Å². The predicted molar refractivity (Wildman–Crippen MR) is 79.6 cm³/mol. The fourth-order valence-corrected chi connectivity index (χ4v) is 2.39. The molecule has 1 aliphatic rings. The quantitative estimate of drug-likeness (QED) is 0.820. The van der Waals surface area contributed by atoms with Crippen molar-refractivity contribution in [2.75, 3.05) is 38.6 Å². The molecular formula is C15H22FN3O2. The summed E-state index contributed by atoms with van der Waals surface area (Å²) < 4.78 is 19.0. The molecule has 3 N–H and O–H groups in total. The van der Waals surface area contributed by atoms with Crippen LogP contribution in [0.15, 0.2) is 18.2 Å². The van der Waals surface area contributed by atoms with Crippen molar-refractivity contribution < 1.29 is 13.9 Å². The van der Waals surface area contributed by atoms with Crippen LogP contribution < -0.4 is 11.1 Å². The highest BCUT2D eigenvalue weighted by atomic mass is 19.1. The van der Waals surface area contributed by atoms with E-state index in [1.807, 2.05) is 0 Å². The molecule has 1 fully saturated rings. The van der Waals surface area contributed by atoms with E-state index in [0.29, 0.717) is 25.4 Å². The molecule has 0 aromatic heterocycles. The largest absolute Gasteiger partial charge is 0.399 e. The van der Waals surface area contributed by atoms with Gasteiger partial charge in [0.1, 0.15) is 5.82 Å². The number of hydrogen-bond donors (Lipinski definition) is 2. The molecule has 1 amide bonds. The van der Waals surface area contributed by atoms with Gasteiger partial charge in [0.15, 0.2) is 0 Å². The molecule has 1 saturated heterocycles. The second-order valence-corrected chi connectivity index (χ2v) is 5.83. The molecule has 5 nitrogen and oxygen atoms in total. The number of morpholine rings is 1. The highest BCUT2D eigenvalue weighted by Crippen LogP contribution is 2.16. The van der Waals surface area contributed by atoms with Crippen LogP contribution in [0.3, 0.4) is 0 Å². The lowest BCUT2D eigenvalue weighted by molar-refractivity contribution is -0.00924. The smallest absolute Gasteiger partial charge is 0.254 e. The molecule has 2 rings (SSSR count). The molecule has 1 heterocycles. The summed E-state index contributed by atoms with van der Waals surface area (Å²) in [5.74, 6) is -1.02. The minimum atomic E-state index is -0.600. The van der Waals surface area contributed by atoms with Gasteiger partial charge in [-0.05, 0) is 32.0 Å². The zero-order valence-corrected chi connectivity index (χ0v) is 12.5. The molecule has 0 radical (unpaired) electrons. The van der Waals surface area contributed by atoms with Crippen LogP contribution in [0.4, 0.5) is 10.1 Å². The predicted octanol–water partition coefficient (Wildman–Crippen LogP) is 1.25. The van der Waals surface area contributed by atoms with Crippen LogP contribution in [0.2, 0.25) is 0 Å². The molecule has 1 aromatic carbocycles. The van der Waals surface area contributed by atoms with Gasteiger partial charge in [-0.25, -0.2) is 4.39 Å². The summed E-state index contributed by atoms with van der Waals surface area (Å²) >= 11 is 0. The van der Waals surface area contributed by atoms with Gasteiger partial charge in [-0.2, -0.15) is 0 Å². The van der Waals surface area contributed by atoms with Crippen LogP contribution in [0.1, 0.15) is 24.2 Å². The number of anilines is 1. The molecule has 0 bridgehead atoms. The van der Waals surface area contributed by atoms with E-state index in [1.54, 1.807) is 0 Å². The van der Waals surface area contributed by atoms with Crippen LogP contribution in [0.5, 0.6) is 0 Å². The third-order valence-corrected chi connectivity index (χ3v) is 3.79. The van der Waals surface area contributed by atoms with Gasteiger partial charge < -0.3 is 15.8 Å². The van der Waals surface area contributed by atoms with Crippen LogP contribution in [-0.4, -0.2) is 49.2 Å². The Kier molecular flexibility index (Phi) is 4.80. The molecule has 0 saturated carbocycles. The van der Waals surface area contributed by atoms with Crippen molar-refractivity contribution in [3.8, 4) is 0 Å². The first kappa shape index (κ1) is 15.7. The summed E-state index contributed by atoms with van der Waals surface area (Å²) in [6.07, 6.45) is 0. The number of rotatable bonds is 4. The number of nitrogens with two attached hydrogens (primary N) is 1. The zero-order chi connectivity index (χ0) is 15.5. The van der Waals surface area contributed by atoms with Gasteiger partial charge in [-0.1, -0.05) is 0 Å². The van der Waals surface area contributed by atoms with Crippen molar-refractivity contribution >= 4 is 11.6 Å². The van der Waals surface area contributed by atoms with Crippen LogP contribution in [-0.2, 0) is 4.74 Å². The minimum absolute atomic E-state index is 0.0157. The molecule has 0 atom stereocenters. The summed E-state index contributed by atoms with van der Waals surface area (Å²) in [5, 5.41) is 2.79. The Hall–Kier alpha value is -1.66. The normalized spacial score (nSPS) is 16.7. The number of carbonyl (C=O) groups excluding carboxylic acids is 1. The van der Waals surface area contributed by atoms with Crippen molar-refractivity contribution in [3.05, 3.63) is 29.6 Å². The first-order valence-corrected chi connectivity index (χ1v) is 7.06. The Labute approximate surface area is 124 Å². The molecule has 116 valence electrons. The molecule has 0 unspecified atom stereocenters. The van der Waals surface area contributed by atoms with Crippen LogP contribution in [0.25, 0.3) is 0 Å². The molecule has 1 aromatic rings. The van der Waals surface area contributed by atoms with E-state index >= 15 is 0 Å². The number of hydrogen-bond acceptors (Lipinski definition) is 4. The van der Waals surface area contributed by atoms with Gasteiger partial charge in [-0.15, -0.1) is 0 Å². The number of benzene rings is 1. The Morgan fingerprint density at radius 2 is 2.10 bits per heavy atom. The second kappa shape index (κ2) is 6.41. The van der Waals surface area contributed by atoms with E-state index in [0.717, 1.165) is 19.2 Å². The topological polar surface area (TPSA) is 67.6 Å². The fourth-order valence-electron chi connectivity index (χ4n) is 2.39. The second-order valence-electron chi connectivity index (χ2n) is 5.83. The number of nitrogen functional groups attached to an aromatic ring is 1. The number of ether oxygens (including phenoxy) is 1. The number of halogens is 1. The van der Waals surface area contributed by atoms with Crippen molar-refractivity contribution in [1.82, 2.24) is 10.2 Å². The van der Waals surface area contributed by atoms with Gasteiger partial charge in [0.05, 0.1) is 18.8 Å². The first-order valence-electron chi connectivity index (χ1n) is 7.06. The molecule has 0 spiro atoms. The SMILES string of the molecule is CC(C)(CNC(=O)c1ccc(N)cc1F)N1CCOCC1. The van der Waals surface area contributed by atoms with Crippen molar-refractivity contribution in [2.45, 2.75) is 19.4 Å². The van der Waals surface area contributed by atoms with E-state index in [1.165, 1.54) is 12.1 Å². The highest BCUT2D eigenvalue weighted by Gasteiger charge is 2.28. The van der Waals surface area contributed by atoms with Gasteiger partial charge in [0.25, 0.3) is 5.91 Å². The monoisotopic (exact) mass is 295 g/mol. The maximum absolute atomic E-state index is 13.7. The van der Waals surface area contributed by atoms with E-state index in [-0.39, 0.29) is 11.1 Å². The molecule has 6 heteroatoms. The zero-order valence-electron chi connectivity index (χ0n) is 12.5. The maximum atomic E-state index is 13.7. The summed E-state index contributed by atoms with van der Waals surface area (Å²) in [6, 6.07) is 4.08. The van der Waals surface area contributed by atoms with E-state index in [2.05, 4.69) is 24.1 Å². The Morgan fingerprint density at radius 1 is 1.43 bits per heavy atom. The van der Waals surface area contributed by atoms with Gasteiger partial charge in [0.2, 0.25) is 0 Å². The number of nitrogens with one attached hydrogen (secondary N) is 1. The average Bonchev–Trinajstić information content (AvgIpc) is 2.46. The standard InChI is InChI=1S/C15H22FN3O2/c1-15(2,19-5-7-21-8-6-19)10-18-14(20)12-4-3-11(17)9-13(12)16/h3-4,9H,5-8,10,17H2,1-2H3,(H,18,20). The van der Waals surface area contributed by atoms with Crippen molar-refractivity contribution in [1.29, 1.82) is 0 Å². The first-order chi connectivity index (χ1) is 9.90. The maximum Gasteiger partial charge on any atom is 0.254 e. The Morgan fingerprint density at radius 3 is 2.71 bits per heavy atom. The molecular weight excluding hydrogens is 273 g/mol. The highest BCUT2D eigenvalue weighted by molar-refractivity contribution is 5.94. The lowest BCUT2D eigenvalue weighted by atomic mass is 10.0. The number of amides is 1. The van der Waals surface area contributed by atoms with E-state index < -0.39 is 11.7 Å². The number of nitrogens with zero attached hydrogens (tertiary/aromatic N) is 1. The third kappa shape index (κ3) is 3.92. The fraction of sp³-hybridized carbons (Fsp3) is 0.533. The lowest BCUT2D eigenvalue weighted by Gasteiger charge is -2.40. The van der Waals surface area contributed by atoms with Crippen LogP contribution >= 0.6 is 0 Å². The van der Waals surface area contributed by atoms with E-state index in [4.69, 9.17) is 10.5 Å². The minimum Gasteiger partial charge on any atom is -0.399 e. The third-order valence-electron chi connectivity index (χ3n) is 3.79. The summed E-state index contributed by atoms with van der Waals surface area (Å²) in [4.78, 5) is 14.3. The Bertz CT molecular complexity index is 514. The van der Waals surface area contributed by atoms with Gasteiger partial charge in [0, 0.05) is 30.9 Å².